The van der Waals surface area contributed by atoms with Crippen molar-refractivity contribution in [3.8, 4) is 5.69 Å². The number of aryl methyl sites for hydroxylation is 1. The van der Waals surface area contributed by atoms with Crippen LogP contribution in [0.1, 0.15) is 35.5 Å². The molecule has 0 fully saturated rings. The maximum Gasteiger partial charge on any atom is 0.138 e. The largest absolute Gasteiger partial charge is 0.394 e. The van der Waals surface area contributed by atoms with Gasteiger partial charge in [0.15, 0.2) is 0 Å². The predicted octanol–water partition coefficient (Wildman–Crippen LogP) is 1.92. The third kappa shape index (κ3) is 3.78. The second-order valence-corrected chi connectivity index (χ2v) is 6.13. The normalized spacial score (nSPS) is 12.5. The number of hydrogen-bond acceptors (Lipinski definition) is 5. The molecular formula is C18H24N6O. The van der Waals surface area contributed by atoms with Crippen molar-refractivity contribution in [2.75, 3.05) is 6.61 Å². The Kier molecular flexibility index (Phi) is 5.25. The highest BCUT2D eigenvalue weighted by Crippen LogP contribution is 2.18. The van der Waals surface area contributed by atoms with E-state index in [4.69, 9.17) is 5.11 Å². The van der Waals surface area contributed by atoms with E-state index in [1.807, 2.05) is 30.7 Å². The average Bonchev–Trinajstić information content (AvgIpc) is 3.23. The van der Waals surface area contributed by atoms with Crippen LogP contribution in [0.3, 0.4) is 0 Å². The molecule has 1 atom stereocenters. The van der Waals surface area contributed by atoms with Gasteiger partial charge in [0.25, 0.3) is 0 Å². The minimum absolute atomic E-state index is 0.101. The number of rotatable bonds is 7. The lowest BCUT2D eigenvalue weighted by atomic mass is 10.1. The van der Waals surface area contributed by atoms with Gasteiger partial charge in [0.2, 0.25) is 0 Å². The molecule has 0 amide bonds. The SMILES string of the molecule is Cc1nn(CCO)c(C)c1CN[C@@H](C)c1ccc(-n2cncn2)cc1. The van der Waals surface area contributed by atoms with Gasteiger partial charge in [-0.3, -0.25) is 4.68 Å². The molecule has 0 bridgehead atoms. The quantitative estimate of drug-likeness (QED) is 0.687. The number of nitrogens with one attached hydrogen (secondary N) is 1. The Balaban J connectivity index is 1.66. The standard InChI is InChI=1S/C18H24N6O/c1-13(16-4-6-17(7-5-16)24-12-19-11-21-24)20-10-18-14(2)22-23(8-9-25)15(18)3/h4-7,11-13,20,25H,8-10H2,1-3H3/t13-/m0/s1. The van der Waals surface area contributed by atoms with Crippen molar-refractivity contribution in [3.05, 3.63) is 59.4 Å². The van der Waals surface area contributed by atoms with Crippen LogP contribution in [0, 0.1) is 13.8 Å². The van der Waals surface area contributed by atoms with Crippen molar-refractivity contribution < 1.29 is 5.11 Å². The summed E-state index contributed by atoms with van der Waals surface area (Å²) in [5.41, 5.74) is 5.51. The zero-order chi connectivity index (χ0) is 17.8. The lowest BCUT2D eigenvalue weighted by molar-refractivity contribution is 0.267. The van der Waals surface area contributed by atoms with Crippen molar-refractivity contribution >= 4 is 0 Å². The number of hydrogen-bond donors (Lipinski definition) is 2. The Hall–Kier alpha value is -2.51. The van der Waals surface area contributed by atoms with Crippen LogP contribution in [0.2, 0.25) is 0 Å². The van der Waals surface area contributed by atoms with Gasteiger partial charge in [0.05, 0.1) is 24.5 Å². The molecule has 3 rings (SSSR count). The second-order valence-electron chi connectivity index (χ2n) is 6.13. The van der Waals surface area contributed by atoms with Gasteiger partial charge in [-0.05, 0) is 38.5 Å². The first-order chi connectivity index (χ1) is 12.1. The summed E-state index contributed by atoms with van der Waals surface area (Å²) in [5, 5.41) is 21.3. The van der Waals surface area contributed by atoms with E-state index in [1.54, 1.807) is 11.0 Å². The first-order valence-electron chi connectivity index (χ1n) is 8.42. The molecule has 3 aromatic rings. The summed E-state index contributed by atoms with van der Waals surface area (Å²) in [6.45, 7) is 7.58. The highest BCUT2D eigenvalue weighted by molar-refractivity contribution is 5.34. The molecule has 7 heteroatoms. The molecule has 0 spiro atoms. The van der Waals surface area contributed by atoms with Gasteiger partial charge in [-0.25, -0.2) is 9.67 Å². The predicted molar refractivity (Wildman–Crippen MR) is 95.4 cm³/mol. The van der Waals surface area contributed by atoms with E-state index in [0.717, 1.165) is 23.6 Å². The minimum Gasteiger partial charge on any atom is -0.394 e. The number of aliphatic hydroxyl groups is 1. The van der Waals surface area contributed by atoms with E-state index in [9.17, 15) is 0 Å². The van der Waals surface area contributed by atoms with Crippen molar-refractivity contribution in [3.63, 3.8) is 0 Å². The van der Waals surface area contributed by atoms with Gasteiger partial charge in [0, 0.05) is 23.8 Å². The van der Waals surface area contributed by atoms with Gasteiger partial charge in [-0.1, -0.05) is 12.1 Å². The Morgan fingerprint density at radius 3 is 2.60 bits per heavy atom. The van der Waals surface area contributed by atoms with Crippen molar-refractivity contribution in [1.29, 1.82) is 0 Å². The molecule has 0 aliphatic heterocycles. The van der Waals surface area contributed by atoms with Crippen LogP contribution >= 0.6 is 0 Å². The summed E-state index contributed by atoms with van der Waals surface area (Å²) in [5.74, 6) is 0. The maximum atomic E-state index is 9.12. The Morgan fingerprint density at radius 1 is 1.20 bits per heavy atom. The lowest BCUT2D eigenvalue weighted by Crippen LogP contribution is -2.19. The van der Waals surface area contributed by atoms with Gasteiger partial charge in [-0.15, -0.1) is 0 Å². The topological polar surface area (TPSA) is 80.8 Å². The van der Waals surface area contributed by atoms with Crippen molar-refractivity contribution in [2.24, 2.45) is 0 Å². The van der Waals surface area contributed by atoms with E-state index < -0.39 is 0 Å². The van der Waals surface area contributed by atoms with Gasteiger partial charge in [0.1, 0.15) is 12.7 Å². The fourth-order valence-electron chi connectivity index (χ4n) is 2.93. The lowest BCUT2D eigenvalue weighted by Gasteiger charge is -2.15. The molecule has 0 saturated carbocycles. The van der Waals surface area contributed by atoms with E-state index in [0.29, 0.717) is 6.54 Å². The molecule has 0 radical (unpaired) electrons. The summed E-state index contributed by atoms with van der Waals surface area (Å²) in [6.07, 6.45) is 3.21. The molecule has 1 aromatic carbocycles. The van der Waals surface area contributed by atoms with Crippen molar-refractivity contribution in [1.82, 2.24) is 29.9 Å². The highest BCUT2D eigenvalue weighted by Gasteiger charge is 2.13. The molecule has 0 unspecified atom stereocenters. The molecule has 0 aliphatic rings. The molecule has 0 aliphatic carbocycles. The first-order valence-corrected chi connectivity index (χ1v) is 8.42. The summed E-state index contributed by atoms with van der Waals surface area (Å²) in [6, 6.07) is 8.49. The van der Waals surface area contributed by atoms with Crippen LogP contribution < -0.4 is 5.32 Å². The molecule has 7 nitrogen and oxygen atoms in total. The van der Waals surface area contributed by atoms with Crippen LogP contribution in [0.25, 0.3) is 5.69 Å². The van der Waals surface area contributed by atoms with Crippen LogP contribution in [0.5, 0.6) is 0 Å². The van der Waals surface area contributed by atoms with Crippen LogP contribution in [-0.2, 0) is 13.1 Å². The number of aliphatic hydroxyl groups excluding tert-OH is 1. The summed E-state index contributed by atoms with van der Waals surface area (Å²) >= 11 is 0. The van der Waals surface area contributed by atoms with Crippen LogP contribution in [-0.4, -0.2) is 36.3 Å². The van der Waals surface area contributed by atoms with Gasteiger partial charge >= 0.3 is 0 Å². The summed E-state index contributed by atoms with van der Waals surface area (Å²) in [7, 11) is 0. The smallest absolute Gasteiger partial charge is 0.138 e. The maximum absolute atomic E-state index is 9.12. The molecular weight excluding hydrogens is 316 g/mol. The summed E-state index contributed by atoms with van der Waals surface area (Å²) in [4.78, 5) is 3.97. The first kappa shape index (κ1) is 17.3. The number of aromatic nitrogens is 5. The Labute approximate surface area is 147 Å². The number of benzene rings is 1. The fourth-order valence-corrected chi connectivity index (χ4v) is 2.93. The minimum atomic E-state index is 0.101. The molecule has 0 saturated heterocycles. The third-order valence-corrected chi connectivity index (χ3v) is 4.50. The van der Waals surface area contributed by atoms with Crippen LogP contribution in [0.15, 0.2) is 36.9 Å². The fraction of sp³-hybridized carbons (Fsp3) is 0.389. The zero-order valence-corrected chi connectivity index (χ0v) is 14.8. The summed E-state index contributed by atoms with van der Waals surface area (Å²) < 4.78 is 3.61. The van der Waals surface area contributed by atoms with E-state index >= 15 is 0 Å². The highest BCUT2D eigenvalue weighted by atomic mass is 16.3. The average molecular weight is 340 g/mol. The Bertz CT molecular complexity index is 807. The zero-order valence-electron chi connectivity index (χ0n) is 14.8. The third-order valence-electron chi connectivity index (χ3n) is 4.50. The molecule has 2 aromatic heterocycles. The van der Waals surface area contributed by atoms with E-state index in [2.05, 4.69) is 39.6 Å². The van der Waals surface area contributed by atoms with Gasteiger partial charge in [-0.2, -0.15) is 10.2 Å². The monoisotopic (exact) mass is 340 g/mol. The second kappa shape index (κ2) is 7.58. The number of nitrogens with zero attached hydrogens (tertiary/aromatic N) is 5. The van der Waals surface area contributed by atoms with Crippen LogP contribution in [0.4, 0.5) is 0 Å². The van der Waals surface area contributed by atoms with Crippen molar-refractivity contribution in [2.45, 2.75) is 39.9 Å². The molecule has 2 heterocycles. The van der Waals surface area contributed by atoms with E-state index in [1.165, 1.54) is 17.5 Å². The molecule has 132 valence electrons. The molecule has 2 N–H and O–H groups in total. The Morgan fingerprint density at radius 2 is 1.96 bits per heavy atom. The molecule has 25 heavy (non-hydrogen) atoms. The van der Waals surface area contributed by atoms with E-state index in [-0.39, 0.29) is 12.6 Å². The van der Waals surface area contributed by atoms with Gasteiger partial charge < -0.3 is 10.4 Å².